The second-order valence-corrected chi connectivity index (χ2v) is 6.33. The third kappa shape index (κ3) is 4.12. The maximum absolute atomic E-state index is 12.1. The quantitative estimate of drug-likeness (QED) is 0.918. The van der Waals surface area contributed by atoms with E-state index in [0.717, 1.165) is 48.2 Å². The lowest BCUT2D eigenvalue weighted by atomic mass is 10.1. The summed E-state index contributed by atoms with van der Waals surface area (Å²) in [4.78, 5) is 14.4. The number of hydrogen-bond acceptors (Lipinski definition) is 4. The van der Waals surface area contributed by atoms with Gasteiger partial charge < -0.3 is 19.4 Å². The van der Waals surface area contributed by atoms with Crippen LogP contribution in [0.3, 0.4) is 0 Å². The van der Waals surface area contributed by atoms with E-state index >= 15 is 0 Å². The van der Waals surface area contributed by atoms with E-state index in [0.29, 0.717) is 13.0 Å². The van der Waals surface area contributed by atoms with Crippen molar-refractivity contribution in [1.82, 2.24) is 10.2 Å². The minimum Gasteiger partial charge on any atom is -0.464 e. The van der Waals surface area contributed by atoms with Gasteiger partial charge in [0.1, 0.15) is 5.58 Å². The Hall–Kier alpha value is -1.85. The maximum Gasteiger partial charge on any atom is 0.224 e. The first kappa shape index (κ1) is 16.0. The summed E-state index contributed by atoms with van der Waals surface area (Å²) in [6, 6.07) is 6.05. The number of carbonyl (C=O) groups is 1. The molecule has 23 heavy (non-hydrogen) atoms. The van der Waals surface area contributed by atoms with E-state index in [1.54, 1.807) is 6.26 Å². The van der Waals surface area contributed by atoms with Crippen LogP contribution in [0.15, 0.2) is 28.9 Å². The number of furan rings is 1. The number of carbonyl (C=O) groups excluding carboxylic acids is 1. The summed E-state index contributed by atoms with van der Waals surface area (Å²) >= 11 is 0. The SMILES string of the molecule is Cc1ccc2c(CC(=O)NCCC3CN(C)CCO3)coc2c1. The van der Waals surface area contributed by atoms with Crippen molar-refractivity contribution in [1.29, 1.82) is 0 Å². The number of rotatable bonds is 5. The lowest BCUT2D eigenvalue weighted by molar-refractivity contribution is -0.120. The van der Waals surface area contributed by atoms with Crippen molar-refractivity contribution in [3.05, 3.63) is 35.6 Å². The first-order valence-electron chi connectivity index (χ1n) is 8.15. The zero-order chi connectivity index (χ0) is 16.2. The molecule has 0 saturated carbocycles. The molecule has 1 saturated heterocycles. The number of nitrogens with one attached hydrogen (secondary N) is 1. The molecule has 124 valence electrons. The van der Waals surface area contributed by atoms with E-state index in [2.05, 4.69) is 17.3 Å². The zero-order valence-electron chi connectivity index (χ0n) is 13.8. The molecule has 1 aliphatic rings. The number of nitrogens with zero attached hydrogens (tertiary/aromatic N) is 1. The molecule has 0 radical (unpaired) electrons. The molecule has 1 amide bonds. The van der Waals surface area contributed by atoms with Crippen molar-refractivity contribution in [3.8, 4) is 0 Å². The van der Waals surface area contributed by atoms with Crippen molar-refractivity contribution in [2.45, 2.75) is 25.9 Å². The van der Waals surface area contributed by atoms with Crippen molar-refractivity contribution in [3.63, 3.8) is 0 Å². The minimum atomic E-state index is 0.0254. The predicted octanol–water partition coefficient (Wildman–Crippen LogP) is 2.12. The van der Waals surface area contributed by atoms with Crippen molar-refractivity contribution < 1.29 is 13.9 Å². The lowest BCUT2D eigenvalue weighted by Crippen LogP contribution is -2.41. The number of ether oxygens (including phenoxy) is 1. The smallest absolute Gasteiger partial charge is 0.224 e. The molecule has 1 aliphatic heterocycles. The highest BCUT2D eigenvalue weighted by Crippen LogP contribution is 2.22. The van der Waals surface area contributed by atoms with Crippen LogP contribution in [-0.2, 0) is 16.0 Å². The molecule has 5 nitrogen and oxygen atoms in total. The van der Waals surface area contributed by atoms with Gasteiger partial charge in [-0.3, -0.25) is 4.79 Å². The summed E-state index contributed by atoms with van der Waals surface area (Å²) in [6.45, 7) is 5.36. The van der Waals surface area contributed by atoms with Gasteiger partial charge in [0.2, 0.25) is 5.91 Å². The Morgan fingerprint density at radius 2 is 2.30 bits per heavy atom. The maximum atomic E-state index is 12.1. The Labute approximate surface area is 136 Å². The predicted molar refractivity (Wildman–Crippen MR) is 89.5 cm³/mol. The molecule has 1 atom stereocenters. The number of aryl methyl sites for hydroxylation is 1. The molecule has 1 fully saturated rings. The van der Waals surface area contributed by atoms with Crippen LogP contribution in [-0.4, -0.2) is 50.2 Å². The van der Waals surface area contributed by atoms with Crippen LogP contribution < -0.4 is 5.32 Å². The van der Waals surface area contributed by atoms with Crippen molar-refractivity contribution >= 4 is 16.9 Å². The van der Waals surface area contributed by atoms with Gasteiger partial charge in [-0.25, -0.2) is 0 Å². The third-order valence-corrected chi connectivity index (χ3v) is 4.29. The van der Waals surface area contributed by atoms with Gasteiger partial charge in [-0.15, -0.1) is 0 Å². The second-order valence-electron chi connectivity index (χ2n) is 6.33. The average Bonchev–Trinajstić information content (AvgIpc) is 2.89. The number of morpholine rings is 1. The molecule has 1 unspecified atom stereocenters. The highest BCUT2D eigenvalue weighted by molar-refractivity contribution is 5.87. The fourth-order valence-corrected chi connectivity index (χ4v) is 2.98. The monoisotopic (exact) mass is 316 g/mol. The Morgan fingerprint density at radius 1 is 1.43 bits per heavy atom. The van der Waals surface area contributed by atoms with Crippen LogP contribution in [0.5, 0.6) is 0 Å². The molecule has 0 aliphatic carbocycles. The number of benzene rings is 1. The van der Waals surface area contributed by atoms with Gasteiger partial charge in [0.05, 0.1) is 25.4 Å². The number of hydrogen-bond donors (Lipinski definition) is 1. The van der Waals surface area contributed by atoms with Crippen molar-refractivity contribution in [2.24, 2.45) is 0 Å². The summed E-state index contributed by atoms with van der Waals surface area (Å²) in [6.07, 6.45) is 3.10. The first-order chi connectivity index (χ1) is 11.1. The second kappa shape index (κ2) is 7.15. The van der Waals surface area contributed by atoms with E-state index in [9.17, 15) is 4.79 Å². The standard InChI is InChI=1S/C18H24N2O3/c1-13-3-4-16-14(12-23-17(16)9-13)10-18(21)19-6-5-15-11-20(2)7-8-22-15/h3-4,9,12,15H,5-8,10-11H2,1-2H3,(H,19,21). The van der Waals surface area contributed by atoms with E-state index in [4.69, 9.17) is 9.15 Å². The van der Waals surface area contributed by atoms with Crippen molar-refractivity contribution in [2.75, 3.05) is 33.3 Å². The third-order valence-electron chi connectivity index (χ3n) is 4.29. The van der Waals surface area contributed by atoms with E-state index in [-0.39, 0.29) is 12.0 Å². The molecule has 0 bridgehead atoms. The van der Waals surface area contributed by atoms with Gasteiger partial charge in [0.15, 0.2) is 0 Å². The Bertz CT molecular complexity index is 680. The highest BCUT2D eigenvalue weighted by Gasteiger charge is 2.17. The summed E-state index contributed by atoms with van der Waals surface area (Å²) in [5, 5.41) is 4.00. The topological polar surface area (TPSA) is 54.7 Å². The van der Waals surface area contributed by atoms with E-state index < -0.39 is 0 Å². The van der Waals surface area contributed by atoms with Crippen LogP contribution in [0.2, 0.25) is 0 Å². The Balaban J connectivity index is 1.49. The first-order valence-corrected chi connectivity index (χ1v) is 8.15. The van der Waals surface area contributed by atoms with Gasteiger partial charge in [-0.1, -0.05) is 12.1 Å². The van der Waals surface area contributed by atoms with Crippen LogP contribution in [0.4, 0.5) is 0 Å². The summed E-state index contributed by atoms with van der Waals surface area (Å²) < 4.78 is 11.2. The molecule has 1 aromatic carbocycles. The fraction of sp³-hybridized carbons (Fsp3) is 0.500. The largest absolute Gasteiger partial charge is 0.464 e. The van der Waals surface area contributed by atoms with Gasteiger partial charge in [0.25, 0.3) is 0 Å². The minimum absolute atomic E-state index is 0.0254. The summed E-state index contributed by atoms with van der Waals surface area (Å²) in [5.74, 6) is 0.0254. The molecule has 1 aromatic heterocycles. The van der Waals surface area contributed by atoms with Crippen LogP contribution in [0, 0.1) is 6.92 Å². The zero-order valence-corrected chi connectivity index (χ0v) is 13.8. The Morgan fingerprint density at radius 3 is 3.13 bits per heavy atom. The molecule has 1 N–H and O–H groups in total. The van der Waals surface area contributed by atoms with Crippen LogP contribution in [0.25, 0.3) is 11.0 Å². The Kier molecular flexibility index (Phi) is 4.98. The number of likely N-dealkylation sites (N-methyl/N-ethyl adjacent to an activating group) is 1. The lowest BCUT2D eigenvalue weighted by Gasteiger charge is -2.30. The van der Waals surface area contributed by atoms with E-state index in [1.165, 1.54) is 0 Å². The fourth-order valence-electron chi connectivity index (χ4n) is 2.98. The molecule has 3 rings (SSSR count). The van der Waals surface area contributed by atoms with Crippen LogP contribution in [0.1, 0.15) is 17.5 Å². The highest BCUT2D eigenvalue weighted by atomic mass is 16.5. The molecular weight excluding hydrogens is 292 g/mol. The van der Waals surface area contributed by atoms with Gasteiger partial charge in [-0.2, -0.15) is 0 Å². The number of amides is 1. The normalized spacial score (nSPS) is 19.1. The van der Waals surface area contributed by atoms with Crippen LogP contribution >= 0.6 is 0 Å². The van der Waals surface area contributed by atoms with E-state index in [1.807, 2.05) is 25.1 Å². The summed E-state index contributed by atoms with van der Waals surface area (Å²) in [5.41, 5.74) is 2.93. The molecular formula is C18H24N2O3. The molecule has 2 heterocycles. The average molecular weight is 316 g/mol. The summed E-state index contributed by atoms with van der Waals surface area (Å²) in [7, 11) is 2.10. The molecule has 2 aromatic rings. The van der Waals surface area contributed by atoms with Gasteiger partial charge in [0, 0.05) is 30.6 Å². The number of fused-ring (bicyclic) bond motifs is 1. The van der Waals surface area contributed by atoms with Gasteiger partial charge in [-0.05, 0) is 32.0 Å². The molecule has 5 heteroatoms. The van der Waals surface area contributed by atoms with Gasteiger partial charge >= 0.3 is 0 Å². The molecule has 0 spiro atoms.